The summed E-state index contributed by atoms with van der Waals surface area (Å²) in [5.74, 6) is -0.295. The van der Waals surface area contributed by atoms with E-state index in [1.807, 2.05) is 7.05 Å². The number of nitrogens with zero attached hydrogens (tertiary/aromatic N) is 1. The summed E-state index contributed by atoms with van der Waals surface area (Å²) in [6.07, 6.45) is 5.02. The molecule has 0 saturated heterocycles. The molecule has 1 aliphatic carbocycles. The Morgan fingerprint density at radius 1 is 1.32 bits per heavy atom. The first-order valence-electron chi connectivity index (χ1n) is 6.33. The first-order chi connectivity index (χ1) is 9.06. The normalized spacial score (nSPS) is 14.6. The zero-order valence-corrected chi connectivity index (χ0v) is 10.9. The first kappa shape index (κ1) is 13.3. The van der Waals surface area contributed by atoms with Crippen molar-refractivity contribution in [1.82, 2.24) is 4.90 Å². The average Bonchev–Trinajstić information content (AvgIpc) is 3.20. The van der Waals surface area contributed by atoms with Gasteiger partial charge in [0.05, 0.1) is 0 Å². The number of carbonyl (C=O) groups excluding carboxylic acids is 1. The standard InChI is InChI=1S/C15H17NO3/c1-16(10-12-2-3-12)15(19)13-7-4-11(5-8-13)6-9-14(17)18/h4-9,12H,2-3,10H2,1H3,(H,17,18). The minimum atomic E-state index is -0.982. The van der Waals surface area contributed by atoms with Gasteiger partial charge in [-0.05, 0) is 42.5 Å². The van der Waals surface area contributed by atoms with Crippen LogP contribution in [-0.4, -0.2) is 35.5 Å². The molecule has 2 rings (SSSR count). The van der Waals surface area contributed by atoms with Crippen LogP contribution in [0, 0.1) is 5.92 Å². The SMILES string of the molecule is CN(CC1CC1)C(=O)c1ccc(C=CC(=O)O)cc1. The highest BCUT2D eigenvalue weighted by Crippen LogP contribution is 2.29. The fourth-order valence-electron chi connectivity index (χ4n) is 1.90. The van der Waals surface area contributed by atoms with E-state index in [9.17, 15) is 9.59 Å². The largest absolute Gasteiger partial charge is 0.478 e. The summed E-state index contributed by atoms with van der Waals surface area (Å²) >= 11 is 0. The Labute approximate surface area is 112 Å². The fraction of sp³-hybridized carbons (Fsp3) is 0.333. The van der Waals surface area contributed by atoms with Gasteiger partial charge in [-0.25, -0.2) is 4.79 Å². The summed E-state index contributed by atoms with van der Waals surface area (Å²) in [6.45, 7) is 0.819. The minimum absolute atomic E-state index is 0.0145. The molecule has 0 atom stereocenters. The van der Waals surface area contributed by atoms with Crippen molar-refractivity contribution < 1.29 is 14.7 Å². The molecule has 100 valence electrons. The van der Waals surface area contributed by atoms with Gasteiger partial charge in [0.1, 0.15) is 0 Å². The topological polar surface area (TPSA) is 57.6 Å². The van der Waals surface area contributed by atoms with Gasteiger partial charge in [-0.2, -0.15) is 0 Å². The van der Waals surface area contributed by atoms with E-state index in [2.05, 4.69) is 0 Å². The predicted molar refractivity (Wildman–Crippen MR) is 72.8 cm³/mol. The monoisotopic (exact) mass is 259 g/mol. The maximum atomic E-state index is 12.1. The van der Waals surface area contributed by atoms with Gasteiger partial charge in [0.15, 0.2) is 0 Å². The molecule has 1 saturated carbocycles. The third-order valence-electron chi connectivity index (χ3n) is 3.15. The van der Waals surface area contributed by atoms with Gasteiger partial charge < -0.3 is 10.0 Å². The van der Waals surface area contributed by atoms with Crippen LogP contribution in [0.3, 0.4) is 0 Å². The molecule has 0 aromatic heterocycles. The molecule has 4 heteroatoms. The van der Waals surface area contributed by atoms with E-state index in [0.29, 0.717) is 11.5 Å². The zero-order chi connectivity index (χ0) is 13.8. The highest BCUT2D eigenvalue weighted by Gasteiger charge is 2.25. The molecule has 0 radical (unpaired) electrons. The number of carbonyl (C=O) groups is 2. The van der Waals surface area contributed by atoms with Gasteiger partial charge in [-0.15, -0.1) is 0 Å². The second-order valence-corrected chi connectivity index (χ2v) is 4.92. The summed E-state index contributed by atoms with van der Waals surface area (Å²) in [5.41, 5.74) is 1.40. The molecule has 1 aromatic rings. The lowest BCUT2D eigenvalue weighted by Gasteiger charge is -2.16. The van der Waals surface area contributed by atoms with Crippen molar-refractivity contribution in [2.45, 2.75) is 12.8 Å². The number of amides is 1. The smallest absolute Gasteiger partial charge is 0.328 e. The summed E-state index contributed by atoms with van der Waals surface area (Å²) in [6, 6.07) is 6.95. The van der Waals surface area contributed by atoms with Crippen molar-refractivity contribution in [2.75, 3.05) is 13.6 Å². The number of rotatable bonds is 5. The van der Waals surface area contributed by atoms with Crippen molar-refractivity contribution in [3.05, 3.63) is 41.5 Å². The number of carboxylic acids is 1. The molecule has 1 N–H and O–H groups in total. The number of carboxylic acid groups (broad SMARTS) is 1. The van der Waals surface area contributed by atoms with Crippen LogP contribution in [-0.2, 0) is 4.79 Å². The van der Waals surface area contributed by atoms with Crippen LogP contribution in [0.5, 0.6) is 0 Å². The Morgan fingerprint density at radius 2 is 1.95 bits per heavy atom. The quantitative estimate of drug-likeness (QED) is 0.825. The van der Waals surface area contributed by atoms with Gasteiger partial charge in [-0.1, -0.05) is 12.1 Å². The Morgan fingerprint density at radius 3 is 2.47 bits per heavy atom. The van der Waals surface area contributed by atoms with Crippen molar-refractivity contribution in [1.29, 1.82) is 0 Å². The van der Waals surface area contributed by atoms with E-state index in [0.717, 1.165) is 18.2 Å². The Kier molecular flexibility index (Phi) is 4.00. The second kappa shape index (κ2) is 5.69. The van der Waals surface area contributed by atoms with Crippen molar-refractivity contribution in [2.24, 2.45) is 5.92 Å². The van der Waals surface area contributed by atoms with Crippen LogP contribution in [0.2, 0.25) is 0 Å². The van der Waals surface area contributed by atoms with E-state index < -0.39 is 5.97 Å². The summed E-state index contributed by atoms with van der Waals surface area (Å²) < 4.78 is 0. The molecule has 4 nitrogen and oxygen atoms in total. The highest BCUT2D eigenvalue weighted by molar-refractivity contribution is 5.94. The minimum Gasteiger partial charge on any atom is -0.478 e. The van der Waals surface area contributed by atoms with Crippen molar-refractivity contribution in [3.63, 3.8) is 0 Å². The van der Waals surface area contributed by atoms with Crippen LogP contribution >= 0.6 is 0 Å². The average molecular weight is 259 g/mol. The maximum absolute atomic E-state index is 12.1. The lowest BCUT2D eigenvalue weighted by molar-refractivity contribution is -0.131. The zero-order valence-electron chi connectivity index (χ0n) is 10.9. The fourth-order valence-corrected chi connectivity index (χ4v) is 1.90. The molecule has 0 unspecified atom stereocenters. The maximum Gasteiger partial charge on any atom is 0.328 e. The molecule has 1 aromatic carbocycles. The lowest BCUT2D eigenvalue weighted by atomic mass is 10.1. The van der Waals surface area contributed by atoms with Gasteiger partial charge in [0.25, 0.3) is 5.91 Å². The van der Waals surface area contributed by atoms with Crippen LogP contribution in [0.25, 0.3) is 6.08 Å². The molecule has 0 aliphatic heterocycles. The van der Waals surface area contributed by atoms with Gasteiger partial charge in [-0.3, -0.25) is 4.79 Å². The predicted octanol–water partition coefficient (Wildman–Crippen LogP) is 2.27. The third kappa shape index (κ3) is 3.95. The molecule has 0 heterocycles. The molecule has 1 amide bonds. The second-order valence-electron chi connectivity index (χ2n) is 4.92. The Balaban J connectivity index is 2.00. The molecule has 0 bridgehead atoms. The van der Waals surface area contributed by atoms with Crippen molar-refractivity contribution in [3.8, 4) is 0 Å². The van der Waals surface area contributed by atoms with E-state index in [4.69, 9.17) is 5.11 Å². The first-order valence-corrected chi connectivity index (χ1v) is 6.33. The third-order valence-corrected chi connectivity index (χ3v) is 3.15. The Hall–Kier alpha value is -2.10. The molecular formula is C15H17NO3. The van der Waals surface area contributed by atoms with Crippen LogP contribution in [0.15, 0.2) is 30.3 Å². The van der Waals surface area contributed by atoms with Crippen LogP contribution in [0.4, 0.5) is 0 Å². The van der Waals surface area contributed by atoms with E-state index in [1.165, 1.54) is 18.9 Å². The van der Waals surface area contributed by atoms with Crippen LogP contribution in [0.1, 0.15) is 28.8 Å². The van der Waals surface area contributed by atoms with E-state index in [-0.39, 0.29) is 5.91 Å². The van der Waals surface area contributed by atoms with Crippen molar-refractivity contribution >= 4 is 18.0 Å². The lowest BCUT2D eigenvalue weighted by Crippen LogP contribution is -2.28. The number of aliphatic carboxylic acids is 1. The summed E-state index contributed by atoms with van der Waals surface area (Å²) in [5, 5.41) is 8.53. The Bertz CT molecular complexity index is 501. The molecule has 0 spiro atoms. The van der Waals surface area contributed by atoms with E-state index in [1.54, 1.807) is 29.2 Å². The molecule has 1 fully saturated rings. The molecular weight excluding hydrogens is 242 g/mol. The summed E-state index contributed by atoms with van der Waals surface area (Å²) in [7, 11) is 1.82. The van der Waals surface area contributed by atoms with Crippen LogP contribution < -0.4 is 0 Å². The number of benzene rings is 1. The summed E-state index contributed by atoms with van der Waals surface area (Å²) in [4.78, 5) is 24.2. The van der Waals surface area contributed by atoms with Gasteiger partial charge in [0, 0.05) is 25.2 Å². The molecule has 1 aliphatic rings. The number of hydrogen-bond donors (Lipinski definition) is 1. The van der Waals surface area contributed by atoms with Gasteiger partial charge >= 0.3 is 5.97 Å². The van der Waals surface area contributed by atoms with Gasteiger partial charge in [0.2, 0.25) is 0 Å². The van der Waals surface area contributed by atoms with E-state index >= 15 is 0 Å². The number of hydrogen-bond acceptors (Lipinski definition) is 2. The molecule has 19 heavy (non-hydrogen) atoms. The highest BCUT2D eigenvalue weighted by atomic mass is 16.4.